The number of fused-ring (bicyclic) bond motifs is 3. The standard InChI is InChI=1S/C28H32F2N6O2S.C24H20F3N5O3S.C23H19F3N6O3S/c1-4-13-39(37,38)17-19-5-6-23(29)28(26(19)30)36-16-22(20-14-31-18-32-15-20)27-24(36)7-8-25(33-27)35(3)21-9-11-34(2)12-10-21;1-13-2-3-14(9-28-13)15-8-17-18(11-30-24(17)29-10-15)23(33)21-19(26)4-5-20(22(21)27)31-36(34,35)32-7-6-16(25)12-32;1-12-27-8-14(9-28-12)13-6-16-17(10-30-23(16)29-7-13)22(33)20-18(25)2-3-19(21(20)26)31-36(34,35)32-5-4-15(24)11-32/h5-8,14-16,18,21H,4,9-13,17H2,1-3H3;2-5,8-11,16,31H,6-7,12H2,1H3,(H,29,30);2-3,6-10,15,31H,4-5,11H2,1H3,(H,29,30)/t;16-;15-/m.11/s1. The van der Waals surface area contributed by atoms with Crippen LogP contribution in [0.1, 0.15) is 88.0 Å². The number of likely N-dealkylation sites (tertiary alicyclic amines) is 1. The first-order valence-corrected chi connectivity index (χ1v) is 39.6. The first-order valence-electron chi connectivity index (χ1n) is 34.9. The molecule has 0 spiro atoms. The first kappa shape index (κ1) is 78.1. The molecule has 12 aromatic rings. The molecule has 3 fully saturated rings. The third-order valence-corrected chi connectivity index (χ3v) is 24.0. The normalized spacial score (nSPS) is 16.0. The van der Waals surface area contributed by atoms with Gasteiger partial charge in [-0.1, -0.05) is 19.1 Å². The Labute approximate surface area is 631 Å². The van der Waals surface area contributed by atoms with E-state index < -0.39 is 117 Å². The summed E-state index contributed by atoms with van der Waals surface area (Å²) < 4.78 is 200. The predicted octanol–water partition coefficient (Wildman–Crippen LogP) is 12.3. The van der Waals surface area contributed by atoms with Crippen LogP contribution in [0.2, 0.25) is 0 Å². The molecule has 15 rings (SSSR count). The fourth-order valence-electron chi connectivity index (χ4n) is 13.3. The molecule has 111 heavy (non-hydrogen) atoms. The molecule has 4 N–H and O–H groups in total. The lowest BCUT2D eigenvalue weighted by molar-refractivity contribution is 0.102. The van der Waals surface area contributed by atoms with Gasteiger partial charge in [-0.25, -0.2) is 78.4 Å². The summed E-state index contributed by atoms with van der Waals surface area (Å²) in [5, 5.41) is 0.628. The number of benzene rings is 3. The monoisotopic (exact) mass is 1590 g/mol. The Kier molecular flexibility index (Phi) is 22.6. The number of H-pyrrole nitrogens is 2. The SMILES string of the molecule is CCCS(=O)(=O)Cc1ccc(F)c(-n2cc(-c3cncnc3)c3nc(N(C)C4CCN(C)CC4)ccc32)c1F.Cc1ccc(-c2cnc3[nH]cc(C(=O)c4c(F)ccc(NS(=O)(=O)N5CC[C@@H](F)C5)c4F)c3c2)cn1.Cc1ncc(-c2cnc3[nH]cc(C(=O)c4c(F)ccc(NS(=O)(=O)N5CC[C@@H](F)C5)c4F)c3c2)cn1. The molecule has 2 atom stereocenters. The highest BCUT2D eigenvalue weighted by molar-refractivity contribution is 7.91. The van der Waals surface area contributed by atoms with Crippen LogP contribution < -0.4 is 14.3 Å². The molecule has 3 aliphatic heterocycles. The van der Waals surface area contributed by atoms with E-state index in [0.29, 0.717) is 79.2 Å². The van der Waals surface area contributed by atoms with E-state index in [4.69, 9.17) is 4.98 Å². The highest BCUT2D eigenvalue weighted by Gasteiger charge is 2.36. The largest absolute Gasteiger partial charge is 0.357 e. The number of aromatic amines is 2. The smallest absolute Gasteiger partial charge is 0.301 e. The zero-order valence-corrected chi connectivity index (χ0v) is 62.5. The minimum absolute atomic E-state index is 0.0157. The number of nitrogens with one attached hydrogen (secondary N) is 4. The maximum absolute atomic E-state index is 15.8. The second kappa shape index (κ2) is 32.1. The van der Waals surface area contributed by atoms with Crippen molar-refractivity contribution in [3.63, 3.8) is 0 Å². The number of ketones is 2. The summed E-state index contributed by atoms with van der Waals surface area (Å²) in [5.74, 6) is -8.05. The van der Waals surface area contributed by atoms with E-state index in [2.05, 4.69) is 61.7 Å². The summed E-state index contributed by atoms with van der Waals surface area (Å²) in [4.78, 5) is 70.9. The maximum Gasteiger partial charge on any atom is 0.301 e. The van der Waals surface area contributed by atoms with Crippen molar-refractivity contribution in [3.05, 3.63) is 215 Å². The van der Waals surface area contributed by atoms with Crippen LogP contribution in [0.5, 0.6) is 0 Å². The van der Waals surface area contributed by atoms with Gasteiger partial charge in [0.25, 0.3) is 0 Å². The van der Waals surface area contributed by atoms with Gasteiger partial charge in [-0.3, -0.25) is 24.0 Å². The van der Waals surface area contributed by atoms with E-state index in [-0.39, 0.29) is 67.2 Å². The highest BCUT2D eigenvalue weighted by atomic mass is 32.2. The molecule has 0 unspecified atom stereocenters. The number of carbonyl (C=O) groups excluding carboxylic acids is 2. The molecule has 3 aliphatic rings. The quantitative estimate of drug-likeness (QED) is 0.0407. The molecular weight excluding hydrogens is 1520 g/mol. The van der Waals surface area contributed by atoms with Crippen molar-refractivity contribution in [2.24, 2.45) is 0 Å². The Morgan fingerprint density at radius 3 is 1.62 bits per heavy atom. The molecule has 0 bridgehead atoms. The Bertz CT molecular complexity index is 5660. The summed E-state index contributed by atoms with van der Waals surface area (Å²) >= 11 is 0. The van der Waals surface area contributed by atoms with Crippen LogP contribution in [0.3, 0.4) is 0 Å². The molecule has 25 nitrogen and oxygen atoms in total. The van der Waals surface area contributed by atoms with Gasteiger partial charge < -0.3 is 24.3 Å². The molecule has 578 valence electrons. The van der Waals surface area contributed by atoms with E-state index in [9.17, 15) is 52.4 Å². The topological polar surface area (TPSA) is 313 Å². The Morgan fingerprint density at radius 1 is 0.586 bits per heavy atom. The van der Waals surface area contributed by atoms with Gasteiger partial charge in [0.1, 0.15) is 64.7 Å². The number of hydrogen-bond acceptors (Lipinski definition) is 18. The van der Waals surface area contributed by atoms with Crippen LogP contribution in [0.4, 0.5) is 52.3 Å². The van der Waals surface area contributed by atoms with Gasteiger partial charge >= 0.3 is 20.4 Å². The van der Waals surface area contributed by atoms with Gasteiger partial charge in [0.2, 0.25) is 11.6 Å². The molecule has 12 heterocycles. The van der Waals surface area contributed by atoms with E-state index in [1.165, 1.54) is 35.6 Å². The van der Waals surface area contributed by atoms with Crippen LogP contribution in [0.15, 0.2) is 141 Å². The Balaban J connectivity index is 0.000000146. The molecule has 0 amide bonds. The Hall–Kier alpha value is -11.1. The number of sulfone groups is 1. The number of piperidine rings is 1. The number of pyridine rings is 4. The van der Waals surface area contributed by atoms with Crippen molar-refractivity contribution in [3.8, 4) is 39.1 Å². The third kappa shape index (κ3) is 16.7. The minimum atomic E-state index is -4.31. The maximum atomic E-state index is 15.8. The molecule has 3 saturated heterocycles. The van der Waals surface area contributed by atoms with E-state index in [0.717, 1.165) is 81.9 Å². The highest BCUT2D eigenvalue weighted by Crippen LogP contribution is 2.38. The van der Waals surface area contributed by atoms with Crippen molar-refractivity contribution >= 4 is 92.1 Å². The molecule has 0 aliphatic carbocycles. The second-order valence-corrected chi connectivity index (χ2v) is 32.5. The number of hydrogen-bond donors (Lipinski definition) is 4. The van der Waals surface area contributed by atoms with E-state index in [1.54, 1.807) is 75.4 Å². The molecular formula is C75H71F8N17O8S3. The van der Waals surface area contributed by atoms with Crippen molar-refractivity contribution in [2.45, 2.75) is 77.0 Å². The van der Waals surface area contributed by atoms with Crippen molar-refractivity contribution in [1.29, 1.82) is 0 Å². The average molecular weight is 1590 g/mol. The van der Waals surface area contributed by atoms with Gasteiger partial charge in [-0.05, 0) is 127 Å². The molecule has 0 saturated carbocycles. The Morgan fingerprint density at radius 2 is 1.11 bits per heavy atom. The van der Waals surface area contributed by atoms with Crippen molar-refractivity contribution in [1.82, 2.24) is 67.9 Å². The average Bonchev–Trinajstić information content (AvgIpc) is 1.61. The van der Waals surface area contributed by atoms with Crippen LogP contribution in [-0.4, -0.2) is 182 Å². The number of aryl methyl sites for hydroxylation is 2. The van der Waals surface area contributed by atoms with Crippen LogP contribution >= 0.6 is 0 Å². The van der Waals surface area contributed by atoms with Crippen molar-refractivity contribution in [2.75, 3.05) is 73.5 Å². The van der Waals surface area contributed by atoms with Crippen LogP contribution in [0, 0.1) is 48.8 Å². The van der Waals surface area contributed by atoms with Crippen LogP contribution in [0.25, 0.3) is 72.2 Å². The number of nitrogens with zero attached hydrogens (tertiary/aromatic N) is 13. The molecule has 0 radical (unpaired) electrons. The summed E-state index contributed by atoms with van der Waals surface area (Å²) in [7, 11) is -8.02. The van der Waals surface area contributed by atoms with Gasteiger partial charge in [0.15, 0.2) is 27.3 Å². The fourth-order valence-corrected chi connectivity index (χ4v) is 17.3. The summed E-state index contributed by atoms with van der Waals surface area (Å²) in [6, 6.07) is 16.5. The van der Waals surface area contributed by atoms with Gasteiger partial charge in [0, 0.05) is 168 Å². The fraction of sp³-hybridized carbons (Fsp3) is 0.280. The van der Waals surface area contributed by atoms with Crippen molar-refractivity contribution < 1.29 is 70.0 Å². The summed E-state index contributed by atoms with van der Waals surface area (Å²) in [5.41, 5.74) is 2.70. The summed E-state index contributed by atoms with van der Waals surface area (Å²) in [6.45, 7) is 6.42. The van der Waals surface area contributed by atoms with E-state index in [1.807, 2.05) is 41.6 Å². The lowest BCUT2D eigenvalue weighted by Crippen LogP contribution is -2.42. The van der Waals surface area contributed by atoms with Gasteiger partial charge in [0.05, 0.1) is 45.0 Å². The number of anilines is 3. The number of carbonyl (C=O) groups is 2. The van der Waals surface area contributed by atoms with Crippen LogP contribution in [-0.2, 0) is 36.0 Å². The number of rotatable bonds is 20. The molecule has 36 heteroatoms. The zero-order chi connectivity index (χ0) is 79.0. The van der Waals surface area contributed by atoms with E-state index >= 15 is 17.6 Å². The minimum Gasteiger partial charge on any atom is -0.357 e. The van der Waals surface area contributed by atoms with Gasteiger partial charge in [-0.15, -0.1) is 0 Å². The zero-order valence-electron chi connectivity index (χ0n) is 60.0. The predicted molar refractivity (Wildman–Crippen MR) is 401 cm³/mol. The van der Waals surface area contributed by atoms with Gasteiger partial charge in [-0.2, -0.15) is 25.4 Å². The lowest BCUT2D eigenvalue weighted by Gasteiger charge is -2.35. The number of halogens is 8. The summed E-state index contributed by atoms with van der Waals surface area (Å²) in [6.07, 6.45) is 16.6. The second-order valence-electron chi connectivity index (χ2n) is 27.0. The molecule has 9 aromatic heterocycles. The third-order valence-electron chi connectivity index (χ3n) is 19.3. The molecule has 3 aromatic carbocycles. The number of alkyl halides is 2. The first-order chi connectivity index (χ1) is 53.0. The lowest BCUT2D eigenvalue weighted by atomic mass is 10.00. The number of aromatic nitrogens is 11.